The molecule has 0 bridgehead atoms. The van der Waals surface area contributed by atoms with Crippen molar-refractivity contribution in [1.29, 1.82) is 0 Å². The first-order valence-corrected chi connectivity index (χ1v) is 10.3. The highest BCUT2D eigenvalue weighted by Gasteiger charge is 2.41. The number of hydrogen-bond acceptors (Lipinski definition) is 4. The second-order valence-electron chi connectivity index (χ2n) is 7.82. The van der Waals surface area contributed by atoms with E-state index in [1.165, 1.54) is 23.4 Å². The third kappa shape index (κ3) is 4.08. The lowest BCUT2D eigenvalue weighted by atomic mass is 9.83. The number of fused-ring (bicyclic) bond motifs is 3. The van der Waals surface area contributed by atoms with Gasteiger partial charge in [-0.2, -0.15) is 0 Å². The van der Waals surface area contributed by atoms with E-state index in [-0.39, 0.29) is 23.7 Å². The third-order valence-electron chi connectivity index (χ3n) is 6.02. The molecule has 0 aliphatic carbocycles. The lowest BCUT2D eigenvalue weighted by Gasteiger charge is -2.49. The smallest absolute Gasteiger partial charge is 0.225 e. The maximum atomic E-state index is 13.2. The van der Waals surface area contributed by atoms with Gasteiger partial charge in [-0.15, -0.1) is 0 Å². The van der Waals surface area contributed by atoms with E-state index in [2.05, 4.69) is 27.2 Å². The van der Waals surface area contributed by atoms with Gasteiger partial charge in [0, 0.05) is 44.5 Å². The topological polar surface area (TPSA) is 44.8 Å². The van der Waals surface area contributed by atoms with Crippen LogP contribution in [0.5, 0.6) is 5.75 Å². The second-order valence-corrected chi connectivity index (χ2v) is 7.82. The Morgan fingerprint density at radius 1 is 1.21 bits per heavy atom. The van der Waals surface area contributed by atoms with E-state index in [9.17, 15) is 9.18 Å². The zero-order valence-corrected chi connectivity index (χ0v) is 17.0. The quantitative estimate of drug-likeness (QED) is 0.843. The number of nitrogens with zero attached hydrogens (tertiary/aromatic N) is 2. The summed E-state index contributed by atoms with van der Waals surface area (Å²) in [6.07, 6.45) is 0.733. The first-order valence-electron chi connectivity index (χ1n) is 10.3. The van der Waals surface area contributed by atoms with Crippen LogP contribution in [-0.2, 0) is 17.8 Å². The fourth-order valence-corrected chi connectivity index (χ4v) is 4.56. The first kappa shape index (κ1) is 19.7. The molecule has 2 aliphatic heterocycles. The second kappa shape index (κ2) is 8.41. The standard InChI is InChI=1S/C23H28FN3O2/c1-3-25-23(28)20-12-17-6-9-19(29-2)13-21(17)27-11-10-26(15-22(20)27)14-16-4-7-18(24)8-5-16/h4-9,13,20,22H,3,10-12,14-15H2,1-2H3,(H,25,28). The van der Waals surface area contributed by atoms with E-state index in [0.717, 1.165) is 43.9 Å². The summed E-state index contributed by atoms with van der Waals surface area (Å²) in [5, 5.41) is 3.02. The molecule has 4 rings (SSSR count). The lowest BCUT2D eigenvalue weighted by molar-refractivity contribution is -0.126. The van der Waals surface area contributed by atoms with Crippen molar-refractivity contribution in [3.8, 4) is 5.75 Å². The normalized spacial score (nSPS) is 21.3. The molecule has 1 amide bonds. The van der Waals surface area contributed by atoms with Crippen LogP contribution in [0.4, 0.5) is 10.1 Å². The van der Waals surface area contributed by atoms with Crippen LogP contribution in [0.1, 0.15) is 18.1 Å². The van der Waals surface area contributed by atoms with Crippen molar-refractivity contribution in [2.24, 2.45) is 5.92 Å². The highest BCUT2D eigenvalue weighted by molar-refractivity contribution is 5.82. The summed E-state index contributed by atoms with van der Waals surface area (Å²) in [7, 11) is 1.68. The number of amides is 1. The van der Waals surface area contributed by atoms with Gasteiger partial charge in [0.05, 0.1) is 19.1 Å². The van der Waals surface area contributed by atoms with Crippen LogP contribution in [0.3, 0.4) is 0 Å². The monoisotopic (exact) mass is 397 g/mol. The molecule has 0 saturated carbocycles. The summed E-state index contributed by atoms with van der Waals surface area (Å²) >= 11 is 0. The van der Waals surface area contributed by atoms with Crippen molar-refractivity contribution in [1.82, 2.24) is 10.2 Å². The number of carbonyl (C=O) groups is 1. The summed E-state index contributed by atoms with van der Waals surface area (Å²) in [4.78, 5) is 17.6. The molecule has 2 heterocycles. The van der Waals surface area contributed by atoms with Gasteiger partial charge < -0.3 is 15.0 Å². The molecule has 5 nitrogen and oxygen atoms in total. The van der Waals surface area contributed by atoms with Crippen molar-refractivity contribution in [2.45, 2.75) is 25.9 Å². The molecular formula is C23H28FN3O2. The molecule has 6 heteroatoms. The number of nitrogens with one attached hydrogen (secondary N) is 1. The number of piperazine rings is 1. The molecule has 1 fully saturated rings. The molecule has 29 heavy (non-hydrogen) atoms. The van der Waals surface area contributed by atoms with Crippen molar-refractivity contribution in [3.05, 3.63) is 59.4 Å². The minimum Gasteiger partial charge on any atom is -0.497 e. The zero-order valence-electron chi connectivity index (χ0n) is 17.0. The SMILES string of the molecule is CCNC(=O)C1Cc2ccc(OC)cc2N2CCN(Cc3ccc(F)cc3)CC12. The molecule has 1 N–H and O–H groups in total. The highest BCUT2D eigenvalue weighted by Crippen LogP contribution is 2.38. The van der Waals surface area contributed by atoms with Gasteiger partial charge in [0.25, 0.3) is 0 Å². The van der Waals surface area contributed by atoms with E-state index >= 15 is 0 Å². The van der Waals surface area contributed by atoms with Crippen molar-refractivity contribution >= 4 is 11.6 Å². The number of hydrogen-bond donors (Lipinski definition) is 1. The van der Waals surface area contributed by atoms with Crippen LogP contribution in [0, 0.1) is 11.7 Å². The molecular weight excluding hydrogens is 369 g/mol. The summed E-state index contributed by atoms with van der Waals surface area (Å²) in [6.45, 7) is 5.90. The minimum absolute atomic E-state index is 0.0909. The Kier molecular flexibility index (Phi) is 5.72. The van der Waals surface area contributed by atoms with Gasteiger partial charge in [-0.1, -0.05) is 18.2 Å². The average molecular weight is 397 g/mol. The Balaban J connectivity index is 1.59. The molecule has 0 aromatic heterocycles. The Bertz CT molecular complexity index is 871. The van der Waals surface area contributed by atoms with E-state index in [0.29, 0.717) is 6.54 Å². The number of ether oxygens (including phenoxy) is 1. The largest absolute Gasteiger partial charge is 0.497 e. The third-order valence-corrected chi connectivity index (χ3v) is 6.02. The van der Waals surface area contributed by atoms with Crippen LogP contribution < -0.4 is 15.0 Å². The fourth-order valence-electron chi connectivity index (χ4n) is 4.56. The molecule has 0 spiro atoms. The molecule has 2 atom stereocenters. The number of methoxy groups -OCH3 is 1. The van der Waals surface area contributed by atoms with Gasteiger partial charge in [-0.3, -0.25) is 9.69 Å². The number of halogens is 1. The number of carbonyl (C=O) groups excluding carboxylic acids is 1. The van der Waals surface area contributed by atoms with Gasteiger partial charge in [-0.05, 0) is 42.7 Å². The Labute approximate surface area is 171 Å². The Morgan fingerprint density at radius 2 is 2.00 bits per heavy atom. The number of anilines is 1. The van der Waals surface area contributed by atoms with Gasteiger partial charge in [-0.25, -0.2) is 4.39 Å². The first-order chi connectivity index (χ1) is 14.1. The van der Waals surface area contributed by atoms with E-state index in [1.54, 1.807) is 7.11 Å². The molecule has 2 aliphatic rings. The van der Waals surface area contributed by atoms with E-state index in [4.69, 9.17) is 4.74 Å². The summed E-state index contributed by atoms with van der Waals surface area (Å²) in [6, 6.07) is 12.9. The van der Waals surface area contributed by atoms with E-state index < -0.39 is 0 Å². The lowest BCUT2D eigenvalue weighted by Crippen LogP contribution is -2.60. The van der Waals surface area contributed by atoms with Gasteiger partial charge in [0.2, 0.25) is 5.91 Å². The molecule has 1 saturated heterocycles. The van der Waals surface area contributed by atoms with Gasteiger partial charge >= 0.3 is 0 Å². The van der Waals surface area contributed by atoms with Crippen molar-refractivity contribution in [3.63, 3.8) is 0 Å². The molecule has 2 aromatic rings. The van der Waals surface area contributed by atoms with Crippen LogP contribution >= 0.6 is 0 Å². The van der Waals surface area contributed by atoms with Crippen LogP contribution in [0.15, 0.2) is 42.5 Å². The fraction of sp³-hybridized carbons (Fsp3) is 0.435. The molecule has 0 radical (unpaired) electrons. The van der Waals surface area contributed by atoms with Crippen LogP contribution in [0.2, 0.25) is 0 Å². The van der Waals surface area contributed by atoms with Crippen LogP contribution in [-0.4, -0.2) is 50.1 Å². The Morgan fingerprint density at radius 3 is 2.72 bits per heavy atom. The van der Waals surface area contributed by atoms with Crippen molar-refractivity contribution < 1.29 is 13.9 Å². The predicted octanol–water partition coefficient (Wildman–Crippen LogP) is 2.83. The van der Waals surface area contributed by atoms with Crippen LogP contribution in [0.25, 0.3) is 0 Å². The highest BCUT2D eigenvalue weighted by atomic mass is 19.1. The molecule has 2 unspecified atom stereocenters. The molecule has 154 valence electrons. The van der Waals surface area contributed by atoms with E-state index in [1.807, 2.05) is 25.1 Å². The predicted molar refractivity (Wildman–Crippen MR) is 112 cm³/mol. The maximum absolute atomic E-state index is 13.2. The summed E-state index contributed by atoms with van der Waals surface area (Å²) in [5.41, 5.74) is 3.47. The zero-order chi connectivity index (χ0) is 20.4. The summed E-state index contributed by atoms with van der Waals surface area (Å²) < 4.78 is 18.7. The van der Waals surface area contributed by atoms with Crippen molar-refractivity contribution in [2.75, 3.05) is 38.2 Å². The Hall–Kier alpha value is -2.60. The average Bonchev–Trinajstić information content (AvgIpc) is 2.74. The number of benzene rings is 2. The maximum Gasteiger partial charge on any atom is 0.225 e. The summed E-state index contributed by atoms with van der Waals surface area (Å²) in [5.74, 6) is 0.653. The molecule has 2 aromatic carbocycles. The van der Waals surface area contributed by atoms with Gasteiger partial charge in [0.1, 0.15) is 11.6 Å². The van der Waals surface area contributed by atoms with Gasteiger partial charge in [0.15, 0.2) is 0 Å². The number of rotatable bonds is 5. The minimum atomic E-state index is -0.215.